The van der Waals surface area contributed by atoms with E-state index in [9.17, 15) is 9.59 Å². The smallest absolute Gasteiger partial charge is 0.256 e. The van der Waals surface area contributed by atoms with Crippen molar-refractivity contribution >= 4 is 34.1 Å². The fraction of sp³-hybridized carbons (Fsp3) is 0.160. The summed E-state index contributed by atoms with van der Waals surface area (Å²) >= 11 is 0. The molecule has 1 aliphatic rings. The van der Waals surface area contributed by atoms with Crippen molar-refractivity contribution in [2.75, 3.05) is 24.3 Å². The van der Waals surface area contributed by atoms with Crippen LogP contribution in [0.4, 0.5) is 11.5 Å². The predicted octanol–water partition coefficient (Wildman–Crippen LogP) is 4.04. The number of nitrogens with zero attached hydrogens (tertiary/aromatic N) is 3. The fourth-order valence-corrected chi connectivity index (χ4v) is 4.06. The van der Waals surface area contributed by atoms with Gasteiger partial charge in [-0.15, -0.1) is 0 Å². The zero-order chi connectivity index (χ0) is 22.2. The number of rotatable bonds is 4. The highest BCUT2D eigenvalue weighted by molar-refractivity contribution is 6.07. The van der Waals surface area contributed by atoms with Crippen LogP contribution in [-0.4, -0.2) is 41.0 Å². The summed E-state index contributed by atoms with van der Waals surface area (Å²) in [7, 11) is 3.90. The van der Waals surface area contributed by atoms with E-state index >= 15 is 0 Å². The maximum absolute atomic E-state index is 13.3. The van der Waals surface area contributed by atoms with Gasteiger partial charge in [-0.3, -0.25) is 14.7 Å². The number of hydrogen-bond donors (Lipinski definition) is 2. The van der Waals surface area contributed by atoms with Crippen molar-refractivity contribution in [2.45, 2.75) is 13.1 Å². The molecule has 1 aromatic heterocycles. The van der Waals surface area contributed by atoms with E-state index in [0.29, 0.717) is 30.0 Å². The molecule has 0 atom stereocenters. The fourth-order valence-electron chi connectivity index (χ4n) is 4.06. The van der Waals surface area contributed by atoms with E-state index in [0.717, 1.165) is 27.7 Å². The number of aromatic nitrogens is 2. The van der Waals surface area contributed by atoms with E-state index in [2.05, 4.69) is 15.5 Å². The van der Waals surface area contributed by atoms with Gasteiger partial charge in [-0.1, -0.05) is 36.4 Å². The zero-order valence-corrected chi connectivity index (χ0v) is 17.9. The molecule has 0 fully saturated rings. The van der Waals surface area contributed by atoms with Gasteiger partial charge < -0.3 is 15.1 Å². The number of fused-ring (bicyclic) bond motifs is 2. The van der Waals surface area contributed by atoms with E-state index in [-0.39, 0.29) is 11.8 Å². The lowest BCUT2D eigenvalue weighted by molar-refractivity contribution is 0.0751. The Bertz CT molecular complexity index is 1320. The summed E-state index contributed by atoms with van der Waals surface area (Å²) in [6, 6.07) is 21.0. The van der Waals surface area contributed by atoms with Gasteiger partial charge in [0.15, 0.2) is 5.82 Å². The predicted molar refractivity (Wildman–Crippen MR) is 125 cm³/mol. The van der Waals surface area contributed by atoms with Crippen LogP contribution in [0.25, 0.3) is 10.8 Å². The first kappa shape index (κ1) is 19.8. The lowest BCUT2D eigenvalue weighted by Crippen LogP contribution is -2.26. The summed E-state index contributed by atoms with van der Waals surface area (Å²) in [5, 5.41) is 12.1. The van der Waals surface area contributed by atoms with Crippen LogP contribution in [0.2, 0.25) is 0 Å². The van der Waals surface area contributed by atoms with Crippen LogP contribution in [0.15, 0.2) is 66.7 Å². The number of H-pyrrole nitrogens is 1. The van der Waals surface area contributed by atoms with Gasteiger partial charge >= 0.3 is 0 Å². The SMILES string of the molecule is CN(C)c1ccc(C(=O)Nc2n[nH]c3c2CN(C(=O)c2cccc4ccccc24)C3)cc1. The van der Waals surface area contributed by atoms with Gasteiger partial charge in [-0.05, 0) is 41.1 Å². The number of benzene rings is 3. The first-order valence-electron chi connectivity index (χ1n) is 10.4. The number of amides is 2. The molecule has 5 rings (SSSR count). The van der Waals surface area contributed by atoms with E-state index in [1.165, 1.54) is 0 Å². The molecule has 1 aliphatic heterocycles. The van der Waals surface area contributed by atoms with E-state index in [4.69, 9.17) is 0 Å². The minimum absolute atomic E-state index is 0.0389. The average molecular weight is 425 g/mol. The molecule has 0 bridgehead atoms. The van der Waals surface area contributed by atoms with Crippen molar-refractivity contribution in [3.63, 3.8) is 0 Å². The number of hydrogen-bond acceptors (Lipinski definition) is 4. The van der Waals surface area contributed by atoms with Crippen molar-refractivity contribution in [3.8, 4) is 0 Å². The minimum atomic E-state index is -0.233. The molecule has 2 heterocycles. The number of aromatic amines is 1. The first-order valence-corrected chi connectivity index (χ1v) is 10.4. The van der Waals surface area contributed by atoms with Crippen LogP contribution in [0.3, 0.4) is 0 Å². The summed E-state index contributed by atoms with van der Waals surface area (Å²) < 4.78 is 0. The Labute approximate surface area is 185 Å². The minimum Gasteiger partial charge on any atom is -0.378 e. The molecule has 160 valence electrons. The van der Waals surface area contributed by atoms with Crippen molar-refractivity contribution < 1.29 is 9.59 Å². The number of carbonyl (C=O) groups excluding carboxylic acids is 2. The van der Waals surface area contributed by atoms with E-state index in [1.807, 2.05) is 73.6 Å². The monoisotopic (exact) mass is 425 g/mol. The molecule has 7 nitrogen and oxygen atoms in total. The summed E-state index contributed by atoms with van der Waals surface area (Å²) in [4.78, 5) is 29.7. The van der Waals surface area contributed by atoms with Crippen LogP contribution in [0.5, 0.6) is 0 Å². The molecule has 0 spiro atoms. The molecule has 3 aromatic carbocycles. The third-order valence-electron chi connectivity index (χ3n) is 5.84. The van der Waals surface area contributed by atoms with Crippen LogP contribution >= 0.6 is 0 Å². The highest BCUT2D eigenvalue weighted by atomic mass is 16.2. The Morgan fingerprint density at radius 3 is 2.50 bits per heavy atom. The quantitative estimate of drug-likeness (QED) is 0.517. The summed E-state index contributed by atoms with van der Waals surface area (Å²) in [5.74, 6) is 0.196. The van der Waals surface area contributed by atoms with Crippen molar-refractivity contribution in [1.29, 1.82) is 0 Å². The third kappa shape index (κ3) is 3.47. The summed E-state index contributed by atoms with van der Waals surface area (Å²) in [6.45, 7) is 0.820. The Morgan fingerprint density at radius 2 is 1.72 bits per heavy atom. The lowest BCUT2D eigenvalue weighted by atomic mass is 10.0. The third-order valence-corrected chi connectivity index (χ3v) is 5.84. The largest absolute Gasteiger partial charge is 0.378 e. The van der Waals surface area contributed by atoms with Crippen LogP contribution in [0.1, 0.15) is 32.0 Å². The maximum Gasteiger partial charge on any atom is 0.256 e. The molecule has 4 aromatic rings. The van der Waals surface area contributed by atoms with Crippen LogP contribution < -0.4 is 10.2 Å². The second-order valence-electron chi connectivity index (χ2n) is 8.11. The highest BCUT2D eigenvalue weighted by Crippen LogP contribution is 2.30. The molecular formula is C25H23N5O2. The van der Waals surface area contributed by atoms with Crippen LogP contribution in [0, 0.1) is 0 Å². The molecule has 2 N–H and O–H groups in total. The molecule has 7 heteroatoms. The van der Waals surface area contributed by atoms with Gasteiger partial charge in [0.2, 0.25) is 0 Å². The second kappa shape index (κ2) is 7.85. The lowest BCUT2D eigenvalue weighted by Gasteiger charge is -2.17. The van der Waals surface area contributed by atoms with Gasteiger partial charge in [-0.25, -0.2) is 0 Å². The zero-order valence-electron chi connectivity index (χ0n) is 17.9. The molecule has 0 aliphatic carbocycles. The normalized spacial score (nSPS) is 12.6. The van der Waals surface area contributed by atoms with Crippen molar-refractivity contribution in [1.82, 2.24) is 15.1 Å². The number of anilines is 2. The Hall–Kier alpha value is -4.13. The maximum atomic E-state index is 13.3. The summed E-state index contributed by atoms with van der Waals surface area (Å²) in [5.41, 5.74) is 3.93. The molecule has 0 radical (unpaired) electrons. The van der Waals surface area contributed by atoms with Crippen LogP contribution in [-0.2, 0) is 13.1 Å². The van der Waals surface area contributed by atoms with Crippen molar-refractivity contribution in [2.24, 2.45) is 0 Å². The van der Waals surface area contributed by atoms with Gasteiger partial charge in [0, 0.05) is 36.5 Å². The van der Waals surface area contributed by atoms with Gasteiger partial charge in [0.25, 0.3) is 11.8 Å². The molecule has 0 unspecified atom stereocenters. The van der Waals surface area contributed by atoms with E-state index in [1.54, 1.807) is 17.0 Å². The Balaban J connectivity index is 1.33. The van der Waals surface area contributed by atoms with Crippen molar-refractivity contribution in [3.05, 3.63) is 89.1 Å². The molecule has 0 saturated carbocycles. The number of carbonyl (C=O) groups is 2. The first-order chi connectivity index (χ1) is 15.5. The Kier molecular flexibility index (Phi) is 4.86. The summed E-state index contributed by atoms with van der Waals surface area (Å²) in [6.07, 6.45) is 0. The molecule has 0 saturated heterocycles. The average Bonchev–Trinajstić information content (AvgIpc) is 3.40. The van der Waals surface area contributed by atoms with E-state index < -0.39 is 0 Å². The highest BCUT2D eigenvalue weighted by Gasteiger charge is 2.30. The molecule has 2 amide bonds. The van der Waals surface area contributed by atoms with Gasteiger partial charge in [-0.2, -0.15) is 5.10 Å². The standard InChI is InChI=1S/C25H23N5O2/c1-29(2)18-12-10-17(11-13-18)24(31)26-23-21-14-30(15-22(21)27-28-23)25(32)20-9-5-7-16-6-3-4-8-19(16)20/h3-13H,14-15H2,1-2H3,(H2,26,27,28,31). The number of nitrogens with one attached hydrogen (secondary N) is 2. The van der Waals surface area contributed by atoms with Gasteiger partial charge in [0.1, 0.15) is 0 Å². The second-order valence-corrected chi connectivity index (χ2v) is 8.11. The molecular weight excluding hydrogens is 402 g/mol. The Morgan fingerprint density at radius 1 is 0.969 bits per heavy atom. The topological polar surface area (TPSA) is 81.3 Å². The van der Waals surface area contributed by atoms with Gasteiger partial charge in [0.05, 0.1) is 18.8 Å². The molecule has 32 heavy (non-hydrogen) atoms.